The number of rotatable bonds is 6. The van der Waals surface area contributed by atoms with Crippen molar-refractivity contribution < 1.29 is 28.2 Å². The lowest BCUT2D eigenvalue weighted by molar-refractivity contribution is -0.140. The number of carbonyl (C=O) groups is 2. The maximum absolute atomic E-state index is 13.2. The Morgan fingerprint density at radius 3 is 2.32 bits per heavy atom. The normalized spacial score (nSPS) is 22.0. The predicted molar refractivity (Wildman–Crippen MR) is 73.7 cm³/mol. The Morgan fingerprint density at radius 1 is 1.32 bits per heavy atom. The van der Waals surface area contributed by atoms with Crippen LogP contribution in [0.4, 0.5) is 8.78 Å². The molecule has 7 heteroatoms. The maximum atomic E-state index is 13.2. The monoisotopic (exact) mass is 313 g/mol. The van der Waals surface area contributed by atoms with Crippen LogP contribution in [0.2, 0.25) is 0 Å². The van der Waals surface area contributed by atoms with Crippen molar-refractivity contribution in [3.05, 3.63) is 29.8 Å². The van der Waals surface area contributed by atoms with Crippen LogP contribution >= 0.6 is 0 Å². The first-order valence-corrected chi connectivity index (χ1v) is 6.73. The summed E-state index contributed by atoms with van der Waals surface area (Å²) < 4.78 is 31.4. The van der Waals surface area contributed by atoms with E-state index in [-0.39, 0.29) is 6.54 Å². The second-order valence-electron chi connectivity index (χ2n) is 5.70. The van der Waals surface area contributed by atoms with Crippen molar-refractivity contribution in [3.63, 3.8) is 0 Å². The highest BCUT2D eigenvalue weighted by Crippen LogP contribution is 2.61. The molecule has 1 N–H and O–H groups in total. The second-order valence-corrected chi connectivity index (χ2v) is 5.70. The predicted octanol–water partition coefficient (Wildman–Crippen LogP) is 2.15. The van der Waals surface area contributed by atoms with Crippen molar-refractivity contribution in [2.24, 2.45) is 5.41 Å². The van der Waals surface area contributed by atoms with Crippen LogP contribution in [0.1, 0.15) is 18.9 Å². The molecule has 1 atom stereocenters. The van der Waals surface area contributed by atoms with Gasteiger partial charge in [-0.2, -0.15) is 0 Å². The van der Waals surface area contributed by atoms with Gasteiger partial charge in [0.05, 0.1) is 0 Å². The fourth-order valence-corrected chi connectivity index (χ4v) is 2.23. The molecule has 2 rings (SSSR count). The lowest BCUT2D eigenvalue weighted by Gasteiger charge is -2.21. The number of halogens is 2. The smallest absolute Gasteiger partial charge is 0.341 e. The summed E-state index contributed by atoms with van der Waals surface area (Å²) in [6.07, 6.45) is -0.412. The second kappa shape index (κ2) is 5.55. The molecule has 1 saturated carbocycles. The zero-order valence-corrected chi connectivity index (χ0v) is 12.3. The third-order valence-corrected chi connectivity index (χ3v) is 3.78. The van der Waals surface area contributed by atoms with Gasteiger partial charge in [0.1, 0.15) is 11.2 Å². The molecule has 0 saturated heterocycles. The summed E-state index contributed by atoms with van der Waals surface area (Å²) >= 11 is 0. The van der Waals surface area contributed by atoms with Gasteiger partial charge in [0.25, 0.3) is 5.92 Å². The van der Waals surface area contributed by atoms with Crippen molar-refractivity contribution >= 4 is 11.9 Å². The first-order valence-electron chi connectivity index (χ1n) is 6.73. The maximum Gasteiger partial charge on any atom is 0.341 e. The van der Waals surface area contributed by atoms with Gasteiger partial charge < -0.3 is 14.7 Å². The largest absolute Gasteiger partial charge is 0.482 e. The highest BCUT2D eigenvalue weighted by Gasteiger charge is 2.73. The number of hydrogen-bond donors (Lipinski definition) is 1. The van der Waals surface area contributed by atoms with Crippen LogP contribution in [0.5, 0.6) is 5.75 Å². The van der Waals surface area contributed by atoms with E-state index in [9.17, 15) is 18.4 Å². The van der Waals surface area contributed by atoms with Crippen LogP contribution in [0.15, 0.2) is 24.3 Å². The molecule has 120 valence electrons. The van der Waals surface area contributed by atoms with Gasteiger partial charge in [-0.1, -0.05) is 12.1 Å². The number of carboxylic acid groups (broad SMARTS) is 1. The van der Waals surface area contributed by atoms with E-state index in [1.54, 1.807) is 24.3 Å². The summed E-state index contributed by atoms with van der Waals surface area (Å²) in [5.74, 6) is -4.19. The first kappa shape index (κ1) is 16.2. The van der Waals surface area contributed by atoms with E-state index in [2.05, 4.69) is 0 Å². The Labute approximate surface area is 126 Å². The summed E-state index contributed by atoms with van der Waals surface area (Å²) in [5.41, 5.74) is -0.849. The van der Waals surface area contributed by atoms with E-state index in [1.807, 2.05) is 0 Å². The molecule has 0 bridgehead atoms. The minimum atomic E-state index is -2.92. The van der Waals surface area contributed by atoms with Crippen molar-refractivity contribution in [3.8, 4) is 5.75 Å². The summed E-state index contributed by atoms with van der Waals surface area (Å²) in [6.45, 7) is 1.03. The molecule has 0 spiro atoms. The number of nitrogens with zero attached hydrogens (tertiary/aromatic N) is 1. The summed E-state index contributed by atoms with van der Waals surface area (Å²) in [5, 5.41) is 8.50. The van der Waals surface area contributed by atoms with Crippen molar-refractivity contribution in [1.29, 1.82) is 0 Å². The van der Waals surface area contributed by atoms with E-state index < -0.39 is 36.2 Å². The molecular formula is C15H17F2NO4. The molecule has 1 aromatic carbocycles. The van der Waals surface area contributed by atoms with Gasteiger partial charge in [-0.25, -0.2) is 13.6 Å². The number of hydrogen-bond acceptors (Lipinski definition) is 3. The first-order chi connectivity index (χ1) is 10.2. The molecule has 1 fully saturated rings. The van der Waals surface area contributed by atoms with Gasteiger partial charge >= 0.3 is 5.97 Å². The van der Waals surface area contributed by atoms with Crippen LogP contribution in [-0.2, 0) is 16.1 Å². The van der Waals surface area contributed by atoms with Crippen LogP contribution < -0.4 is 4.74 Å². The summed E-state index contributed by atoms with van der Waals surface area (Å²) in [7, 11) is 1.48. The van der Waals surface area contributed by atoms with E-state index in [4.69, 9.17) is 9.84 Å². The van der Waals surface area contributed by atoms with E-state index in [0.717, 1.165) is 5.56 Å². The number of ether oxygens (including phenoxy) is 1. The summed E-state index contributed by atoms with van der Waals surface area (Å²) in [6, 6.07) is 6.47. The lowest BCUT2D eigenvalue weighted by atomic mass is 10.1. The molecule has 1 aliphatic carbocycles. The van der Waals surface area contributed by atoms with Crippen molar-refractivity contribution in [1.82, 2.24) is 4.90 Å². The van der Waals surface area contributed by atoms with E-state index in [1.165, 1.54) is 18.9 Å². The molecule has 0 radical (unpaired) electrons. The molecule has 1 amide bonds. The highest BCUT2D eigenvalue weighted by molar-refractivity contribution is 5.86. The van der Waals surface area contributed by atoms with Gasteiger partial charge in [-0.05, 0) is 24.6 Å². The van der Waals surface area contributed by atoms with Gasteiger partial charge in [-0.3, -0.25) is 4.79 Å². The van der Waals surface area contributed by atoms with Crippen LogP contribution in [0, 0.1) is 5.41 Å². The molecule has 0 heterocycles. The Kier molecular flexibility index (Phi) is 4.08. The van der Waals surface area contributed by atoms with Crippen LogP contribution in [0.25, 0.3) is 0 Å². The molecule has 1 aliphatic rings. The molecule has 1 aromatic rings. The fourth-order valence-electron chi connectivity index (χ4n) is 2.23. The molecule has 1 unspecified atom stereocenters. The third-order valence-electron chi connectivity index (χ3n) is 3.78. The van der Waals surface area contributed by atoms with Gasteiger partial charge in [-0.15, -0.1) is 0 Å². The van der Waals surface area contributed by atoms with Crippen LogP contribution in [-0.4, -0.2) is 41.5 Å². The third kappa shape index (κ3) is 3.18. The molecule has 0 aliphatic heterocycles. The molecule has 22 heavy (non-hydrogen) atoms. The number of amides is 1. The number of carboxylic acids is 1. The van der Waals surface area contributed by atoms with Crippen molar-refractivity contribution in [2.45, 2.75) is 25.8 Å². The van der Waals surface area contributed by atoms with Crippen LogP contribution in [0.3, 0.4) is 0 Å². The Bertz CT molecular complexity index is 588. The Hall–Kier alpha value is -2.18. The standard InChI is InChI=1S/C15H17F2NO4/c1-14(9-15(14,16)17)13(21)18(2)7-10-3-5-11(6-4-10)22-8-12(19)20/h3-6H,7-9H2,1-2H3,(H,19,20). The lowest BCUT2D eigenvalue weighted by Crippen LogP contribution is -2.35. The van der Waals surface area contributed by atoms with Crippen molar-refractivity contribution in [2.75, 3.05) is 13.7 Å². The Balaban J connectivity index is 1.93. The number of aliphatic carboxylic acids is 1. The molecule has 0 aromatic heterocycles. The average molecular weight is 313 g/mol. The Morgan fingerprint density at radius 2 is 1.86 bits per heavy atom. The highest BCUT2D eigenvalue weighted by atomic mass is 19.3. The summed E-state index contributed by atoms with van der Waals surface area (Å²) in [4.78, 5) is 23.7. The van der Waals surface area contributed by atoms with Gasteiger partial charge in [0.15, 0.2) is 6.61 Å². The fraction of sp³-hybridized carbons (Fsp3) is 0.467. The number of carbonyl (C=O) groups excluding carboxylic acids is 1. The zero-order valence-electron chi connectivity index (χ0n) is 12.3. The SMILES string of the molecule is CN(Cc1ccc(OCC(=O)O)cc1)C(=O)C1(C)CC1(F)F. The quantitative estimate of drug-likeness (QED) is 0.874. The average Bonchev–Trinajstić information content (AvgIpc) is 2.97. The number of benzene rings is 1. The minimum Gasteiger partial charge on any atom is -0.482 e. The molecular weight excluding hydrogens is 296 g/mol. The van der Waals surface area contributed by atoms with E-state index >= 15 is 0 Å². The minimum absolute atomic E-state index is 0.198. The van der Waals surface area contributed by atoms with Gasteiger partial charge in [0.2, 0.25) is 5.91 Å². The topological polar surface area (TPSA) is 66.8 Å². The zero-order chi connectivity index (χ0) is 16.5. The van der Waals surface area contributed by atoms with E-state index in [0.29, 0.717) is 5.75 Å². The van der Waals surface area contributed by atoms with Gasteiger partial charge in [0, 0.05) is 20.0 Å². The number of alkyl halides is 2. The molecule has 5 nitrogen and oxygen atoms in total.